The first-order valence-electron chi connectivity index (χ1n) is 5.16. The van der Waals surface area contributed by atoms with Crippen LogP contribution in [0.1, 0.15) is 5.56 Å². The van der Waals surface area contributed by atoms with Crippen molar-refractivity contribution in [2.75, 3.05) is 6.66 Å². The molecule has 0 N–H and O–H groups in total. The van der Waals surface area contributed by atoms with Crippen LogP contribution in [-0.4, -0.2) is 6.66 Å². The smallest absolute Gasteiger partial charge is 0.00353 e. The molecular formula is C14H17Cl2P. The Bertz CT molecular complexity index is 403. The van der Waals surface area contributed by atoms with E-state index in [0.29, 0.717) is 0 Å². The summed E-state index contributed by atoms with van der Waals surface area (Å²) in [4.78, 5) is 0. The SMILES string of the molecule is CP(Cc1ccccc1)c1ccccc1.Cl.Cl. The molecule has 0 fully saturated rings. The van der Waals surface area contributed by atoms with Crippen LogP contribution in [0.5, 0.6) is 0 Å². The fourth-order valence-corrected chi connectivity index (χ4v) is 3.25. The largest absolute Gasteiger partial charge is 0.147 e. The number of rotatable bonds is 3. The van der Waals surface area contributed by atoms with Gasteiger partial charge in [0.05, 0.1) is 0 Å². The van der Waals surface area contributed by atoms with Gasteiger partial charge in [0.25, 0.3) is 0 Å². The van der Waals surface area contributed by atoms with Crippen LogP contribution in [-0.2, 0) is 6.16 Å². The Hall–Kier alpha value is -0.550. The van der Waals surface area contributed by atoms with Crippen LogP contribution in [0.4, 0.5) is 0 Å². The van der Waals surface area contributed by atoms with E-state index in [-0.39, 0.29) is 32.7 Å². The van der Waals surface area contributed by atoms with Gasteiger partial charge in [0.1, 0.15) is 0 Å². The fraction of sp³-hybridized carbons (Fsp3) is 0.143. The fourth-order valence-electron chi connectivity index (χ4n) is 1.63. The number of benzene rings is 2. The van der Waals surface area contributed by atoms with E-state index >= 15 is 0 Å². The molecule has 0 aliphatic heterocycles. The van der Waals surface area contributed by atoms with Gasteiger partial charge < -0.3 is 0 Å². The monoisotopic (exact) mass is 286 g/mol. The third kappa shape index (κ3) is 5.08. The Kier molecular flexibility index (Phi) is 8.25. The summed E-state index contributed by atoms with van der Waals surface area (Å²) in [7, 11) is -0.0520. The van der Waals surface area contributed by atoms with Gasteiger partial charge in [-0.1, -0.05) is 68.6 Å². The standard InChI is InChI=1S/C14H15P.2ClH/c1-15(14-10-6-3-7-11-14)12-13-8-4-2-5-9-13;;/h2-11H,12H2,1H3;2*1H. The zero-order chi connectivity index (χ0) is 10.5. The molecule has 0 heterocycles. The first-order valence-corrected chi connectivity index (χ1v) is 7.14. The maximum absolute atomic E-state index is 2.34. The van der Waals surface area contributed by atoms with Gasteiger partial charge in [-0.2, -0.15) is 0 Å². The highest BCUT2D eigenvalue weighted by molar-refractivity contribution is 7.64. The van der Waals surface area contributed by atoms with Crippen LogP contribution in [0.3, 0.4) is 0 Å². The molecule has 0 bridgehead atoms. The normalized spacial score (nSPS) is 10.9. The van der Waals surface area contributed by atoms with E-state index in [4.69, 9.17) is 0 Å². The van der Waals surface area contributed by atoms with Crippen LogP contribution in [0.15, 0.2) is 60.7 Å². The molecule has 0 radical (unpaired) electrons. The molecule has 2 aromatic carbocycles. The second kappa shape index (κ2) is 8.53. The lowest BCUT2D eigenvalue weighted by atomic mass is 10.2. The molecule has 0 aliphatic carbocycles. The Labute approximate surface area is 117 Å². The Morgan fingerprint density at radius 2 is 1.24 bits per heavy atom. The van der Waals surface area contributed by atoms with E-state index in [0.717, 1.165) is 0 Å². The minimum Gasteiger partial charge on any atom is -0.147 e. The van der Waals surface area contributed by atoms with Gasteiger partial charge in [0.15, 0.2) is 0 Å². The second-order valence-electron chi connectivity index (χ2n) is 3.68. The van der Waals surface area contributed by atoms with Crippen molar-refractivity contribution in [1.82, 2.24) is 0 Å². The molecule has 2 aromatic rings. The highest BCUT2D eigenvalue weighted by Crippen LogP contribution is 2.33. The summed E-state index contributed by atoms with van der Waals surface area (Å²) in [6, 6.07) is 21.5. The third-order valence-corrected chi connectivity index (χ3v) is 4.48. The zero-order valence-corrected chi connectivity index (χ0v) is 12.3. The lowest BCUT2D eigenvalue weighted by Crippen LogP contribution is -2.00. The van der Waals surface area contributed by atoms with E-state index in [1.54, 1.807) is 0 Å². The van der Waals surface area contributed by atoms with E-state index in [1.807, 2.05) is 0 Å². The summed E-state index contributed by atoms with van der Waals surface area (Å²) in [5, 5.41) is 1.48. The van der Waals surface area contributed by atoms with Crippen molar-refractivity contribution in [3.05, 3.63) is 66.2 Å². The van der Waals surface area contributed by atoms with E-state index in [2.05, 4.69) is 67.3 Å². The molecule has 0 aliphatic rings. The van der Waals surface area contributed by atoms with Gasteiger partial charge in [-0.15, -0.1) is 24.8 Å². The zero-order valence-electron chi connectivity index (χ0n) is 9.74. The minimum atomic E-state index is -0.0520. The molecule has 92 valence electrons. The number of halogens is 2. The van der Waals surface area contributed by atoms with Crippen LogP contribution in [0.2, 0.25) is 0 Å². The van der Waals surface area contributed by atoms with Gasteiger partial charge in [0, 0.05) is 0 Å². The van der Waals surface area contributed by atoms with Gasteiger partial charge in [-0.05, 0) is 23.7 Å². The highest BCUT2D eigenvalue weighted by atomic mass is 35.5. The predicted octanol–water partition coefficient (Wildman–Crippen LogP) is 4.47. The van der Waals surface area contributed by atoms with E-state index < -0.39 is 0 Å². The lowest BCUT2D eigenvalue weighted by molar-refractivity contribution is 1.40. The average Bonchev–Trinajstić information content (AvgIpc) is 2.31. The maximum atomic E-state index is 2.34. The van der Waals surface area contributed by atoms with Gasteiger partial charge in [0.2, 0.25) is 0 Å². The number of hydrogen-bond donors (Lipinski definition) is 0. The molecule has 0 nitrogen and oxygen atoms in total. The van der Waals surface area contributed by atoms with Crippen LogP contribution >= 0.6 is 32.7 Å². The molecule has 2 rings (SSSR count). The molecule has 0 aromatic heterocycles. The van der Waals surface area contributed by atoms with E-state index in [1.165, 1.54) is 17.0 Å². The molecule has 0 spiro atoms. The molecule has 1 unspecified atom stereocenters. The summed E-state index contributed by atoms with van der Waals surface area (Å²) in [5.41, 5.74) is 1.44. The van der Waals surface area contributed by atoms with Crippen molar-refractivity contribution in [3.8, 4) is 0 Å². The lowest BCUT2D eigenvalue weighted by Gasteiger charge is -2.12. The number of hydrogen-bond acceptors (Lipinski definition) is 0. The van der Waals surface area contributed by atoms with Gasteiger partial charge in [-0.3, -0.25) is 0 Å². The van der Waals surface area contributed by atoms with Crippen molar-refractivity contribution in [3.63, 3.8) is 0 Å². The Morgan fingerprint density at radius 3 is 1.76 bits per heavy atom. The topological polar surface area (TPSA) is 0 Å². The first-order chi connectivity index (χ1) is 7.36. The van der Waals surface area contributed by atoms with Crippen molar-refractivity contribution < 1.29 is 0 Å². The summed E-state index contributed by atoms with van der Waals surface area (Å²) < 4.78 is 0. The molecule has 0 amide bonds. The molecule has 0 saturated carbocycles. The molecule has 0 saturated heterocycles. The Balaban J connectivity index is 0.00000128. The summed E-state index contributed by atoms with van der Waals surface area (Å²) in [6.07, 6.45) is 1.18. The Morgan fingerprint density at radius 1 is 0.765 bits per heavy atom. The highest BCUT2D eigenvalue weighted by Gasteiger charge is 2.04. The average molecular weight is 287 g/mol. The molecule has 3 heteroatoms. The summed E-state index contributed by atoms with van der Waals surface area (Å²) in [6.45, 7) is 2.34. The summed E-state index contributed by atoms with van der Waals surface area (Å²) in [5.74, 6) is 0. The molecule has 17 heavy (non-hydrogen) atoms. The van der Waals surface area contributed by atoms with Crippen LogP contribution < -0.4 is 5.30 Å². The van der Waals surface area contributed by atoms with Crippen molar-refractivity contribution in [2.24, 2.45) is 0 Å². The molecule has 1 atom stereocenters. The van der Waals surface area contributed by atoms with Crippen LogP contribution in [0, 0.1) is 0 Å². The van der Waals surface area contributed by atoms with Crippen LogP contribution in [0.25, 0.3) is 0 Å². The van der Waals surface area contributed by atoms with Crippen molar-refractivity contribution in [1.29, 1.82) is 0 Å². The second-order valence-corrected chi connectivity index (χ2v) is 5.91. The molecular weight excluding hydrogens is 270 g/mol. The van der Waals surface area contributed by atoms with Gasteiger partial charge >= 0.3 is 0 Å². The third-order valence-electron chi connectivity index (χ3n) is 2.46. The maximum Gasteiger partial charge on any atom is -0.00353 e. The van der Waals surface area contributed by atoms with Crippen molar-refractivity contribution >= 4 is 38.0 Å². The van der Waals surface area contributed by atoms with Crippen molar-refractivity contribution in [2.45, 2.75) is 6.16 Å². The quantitative estimate of drug-likeness (QED) is 0.731. The minimum absolute atomic E-state index is 0. The first kappa shape index (κ1) is 16.4. The summed E-state index contributed by atoms with van der Waals surface area (Å²) >= 11 is 0. The van der Waals surface area contributed by atoms with E-state index in [9.17, 15) is 0 Å². The predicted molar refractivity (Wildman–Crippen MR) is 83.6 cm³/mol. The van der Waals surface area contributed by atoms with Gasteiger partial charge in [-0.25, -0.2) is 0 Å².